The molecule has 0 saturated carbocycles. The fraction of sp³-hybridized carbons (Fsp3) is 0.118. The third-order valence-corrected chi connectivity index (χ3v) is 3.98. The van der Waals surface area contributed by atoms with E-state index in [1.165, 1.54) is 36.4 Å². The summed E-state index contributed by atoms with van der Waals surface area (Å²) in [5.74, 6) is -2.33. The smallest absolute Gasteiger partial charge is 0.326 e. The van der Waals surface area contributed by atoms with E-state index >= 15 is 0 Å². The van der Waals surface area contributed by atoms with E-state index in [0.29, 0.717) is 10.6 Å². The van der Waals surface area contributed by atoms with Gasteiger partial charge in [0.15, 0.2) is 0 Å². The number of non-ortho nitro benzene ring substituents is 1. The van der Waals surface area contributed by atoms with Crippen molar-refractivity contribution in [2.24, 2.45) is 0 Å². The van der Waals surface area contributed by atoms with Crippen molar-refractivity contribution in [1.29, 1.82) is 0 Å². The Hall–Kier alpha value is -3.26. The number of nitro benzene ring substituents is 1. The third-order valence-electron chi connectivity index (χ3n) is 3.74. The Bertz CT molecular complexity index is 943. The van der Waals surface area contributed by atoms with Crippen LogP contribution < -0.4 is 4.90 Å². The highest BCUT2D eigenvalue weighted by Crippen LogP contribution is 2.31. The molecule has 0 unspecified atom stereocenters. The Kier molecular flexibility index (Phi) is 4.68. The van der Waals surface area contributed by atoms with Gasteiger partial charge in [0.2, 0.25) is 0 Å². The van der Waals surface area contributed by atoms with Crippen LogP contribution in [0.4, 0.5) is 11.4 Å². The van der Waals surface area contributed by atoms with Crippen LogP contribution in [-0.4, -0.2) is 29.1 Å². The molecule has 0 fully saturated rings. The van der Waals surface area contributed by atoms with Crippen molar-refractivity contribution >= 4 is 40.6 Å². The Balaban J connectivity index is 1.68. The van der Waals surface area contributed by atoms with E-state index < -0.39 is 29.1 Å². The van der Waals surface area contributed by atoms with Gasteiger partial charge >= 0.3 is 5.97 Å². The van der Waals surface area contributed by atoms with Crippen LogP contribution in [-0.2, 0) is 20.9 Å². The van der Waals surface area contributed by atoms with E-state index in [2.05, 4.69) is 0 Å². The summed E-state index contributed by atoms with van der Waals surface area (Å²) in [6.07, 6.45) is 0. The summed E-state index contributed by atoms with van der Waals surface area (Å²) in [4.78, 5) is 47.2. The quantitative estimate of drug-likeness (QED) is 0.344. The highest BCUT2D eigenvalue weighted by molar-refractivity contribution is 6.53. The Labute approximate surface area is 152 Å². The molecule has 8 nitrogen and oxygen atoms in total. The number of carbonyl (C=O) groups excluding carboxylic acids is 3. The molecule has 1 amide bonds. The normalized spacial score (nSPS) is 12.9. The molecule has 2 aromatic rings. The monoisotopic (exact) mass is 374 g/mol. The van der Waals surface area contributed by atoms with Crippen LogP contribution in [0, 0.1) is 10.1 Å². The molecule has 0 bridgehead atoms. The van der Waals surface area contributed by atoms with Gasteiger partial charge in [-0.15, -0.1) is 0 Å². The Morgan fingerprint density at radius 2 is 1.96 bits per heavy atom. The van der Waals surface area contributed by atoms with Gasteiger partial charge in [-0.3, -0.25) is 29.4 Å². The topological polar surface area (TPSA) is 107 Å². The molecule has 1 aliphatic heterocycles. The predicted molar refractivity (Wildman–Crippen MR) is 91.0 cm³/mol. The molecule has 1 heterocycles. The van der Waals surface area contributed by atoms with Gasteiger partial charge in [-0.1, -0.05) is 23.7 Å². The average Bonchev–Trinajstić information content (AvgIpc) is 2.85. The molecule has 26 heavy (non-hydrogen) atoms. The third kappa shape index (κ3) is 3.40. The Morgan fingerprint density at radius 3 is 2.69 bits per heavy atom. The largest absolute Gasteiger partial charge is 0.459 e. The van der Waals surface area contributed by atoms with Gasteiger partial charge in [0, 0.05) is 17.2 Å². The summed E-state index contributed by atoms with van der Waals surface area (Å²) in [7, 11) is 0. The van der Waals surface area contributed by atoms with E-state index in [1.54, 1.807) is 6.07 Å². The average molecular weight is 375 g/mol. The summed E-state index contributed by atoms with van der Waals surface area (Å²) in [5.41, 5.74) is 0.735. The van der Waals surface area contributed by atoms with Gasteiger partial charge in [0.25, 0.3) is 17.4 Å². The molecule has 2 aromatic carbocycles. The number of esters is 1. The van der Waals surface area contributed by atoms with Crippen LogP contribution in [0.5, 0.6) is 0 Å². The number of ketones is 1. The minimum Gasteiger partial charge on any atom is -0.459 e. The molecule has 3 rings (SSSR count). The second-order valence-corrected chi connectivity index (χ2v) is 5.91. The number of ether oxygens (including phenoxy) is 1. The fourth-order valence-corrected chi connectivity index (χ4v) is 2.70. The summed E-state index contributed by atoms with van der Waals surface area (Å²) >= 11 is 5.82. The molecule has 132 valence electrons. The number of amides is 1. The maximum atomic E-state index is 12.1. The zero-order valence-corrected chi connectivity index (χ0v) is 13.9. The highest BCUT2D eigenvalue weighted by Gasteiger charge is 2.37. The maximum absolute atomic E-state index is 12.1. The molecule has 0 aromatic heterocycles. The van der Waals surface area contributed by atoms with Crippen molar-refractivity contribution in [3.05, 3.63) is 68.7 Å². The van der Waals surface area contributed by atoms with Crippen LogP contribution in [0.1, 0.15) is 15.9 Å². The van der Waals surface area contributed by atoms with E-state index in [0.717, 1.165) is 4.90 Å². The number of benzene rings is 2. The molecule has 9 heteroatoms. The molecule has 0 saturated heterocycles. The van der Waals surface area contributed by atoms with Gasteiger partial charge in [0.1, 0.15) is 13.2 Å². The van der Waals surface area contributed by atoms with Crippen molar-refractivity contribution in [3.63, 3.8) is 0 Å². The van der Waals surface area contributed by atoms with E-state index in [9.17, 15) is 24.5 Å². The van der Waals surface area contributed by atoms with Crippen LogP contribution in [0.2, 0.25) is 5.02 Å². The first-order valence-electron chi connectivity index (χ1n) is 7.41. The number of hydrogen-bond acceptors (Lipinski definition) is 6. The number of nitrogens with zero attached hydrogens (tertiary/aromatic N) is 2. The standard InChI is InChI=1S/C17H11ClN2O6/c18-11-4-5-14-13(7-11)16(22)17(23)19(14)8-15(21)26-9-10-2-1-3-12(6-10)20(24)25/h1-7H,8-9H2. The van der Waals surface area contributed by atoms with Crippen LogP contribution in [0.25, 0.3) is 0 Å². The lowest BCUT2D eigenvalue weighted by atomic mass is 10.1. The number of nitro groups is 1. The lowest BCUT2D eigenvalue weighted by Gasteiger charge is -2.15. The van der Waals surface area contributed by atoms with E-state index in [1.807, 2.05) is 0 Å². The molecule has 0 atom stereocenters. The fourth-order valence-electron chi connectivity index (χ4n) is 2.53. The molecule has 0 N–H and O–H groups in total. The SMILES string of the molecule is O=C(CN1C(=O)C(=O)c2cc(Cl)ccc21)OCc1cccc([N+](=O)[O-])c1. The zero-order valence-electron chi connectivity index (χ0n) is 13.2. The minimum atomic E-state index is -0.838. The van der Waals surface area contributed by atoms with E-state index in [-0.39, 0.29) is 23.5 Å². The van der Waals surface area contributed by atoms with Crippen molar-refractivity contribution in [2.75, 3.05) is 11.4 Å². The second-order valence-electron chi connectivity index (χ2n) is 5.47. The first-order chi connectivity index (χ1) is 12.4. The number of rotatable bonds is 5. The molecular formula is C17H11ClN2O6. The molecule has 0 radical (unpaired) electrons. The maximum Gasteiger partial charge on any atom is 0.326 e. The molecular weight excluding hydrogens is 364 g/mol. The van der Waals surface area contributed by atoms with Crippen LogP contribution in [0.3, 0.4) is 0 Å². The lowest BCUT2D eigenvalue weighted by Crippen LogP contribution is -2.35. The number of hydrogen-bond donors (Lipinski definition) is 0. The van der Waals surface area contributed by atoms with Gasteiger partial charge in [-0.05, 0) is 23.8 Å². The zero-order chi connectivity index (χ0) is 18.8. The van der Waals surface area contributed by atoms with Crippen LogP contribution in [0.15, 0.2) is 42.5 Å². The van der Waals surface area contributed by atoms with Gasteiger partial charge < -0.3 is 4.74 Å². The lowest BCUT2D eigenvalue weighted by molar-refractivity contribution is -0.384. The van der Waals surface area contributed by atoms with Crippen molar-refractivity contribution in [3.8, 4) is 0 Å². The van der Waals surface area contributed by atoms with Crippen molar-refractivity contribution < 1.29 is 24.0 Å². The van der Waals surface area contributed by atoms with E-state index in [4.69, 9.17) is 16.3 Å². The summed E-state index contributed by atoms with van der Waals surface area (Å²) in [6.45, 7) is -0.641. The Morgan fingerprint density at radius 1 is 1.19 bits per heavy atom. The van der Waals surface area contributed by atoms with Gasteiger partial charge in [-0.25, -0.2) is 0 Å². The highest BCUT2D eigenvalue weighted by atomic mass is 35.5. The summed E-state index contributed by atoms with van der Waals surface area (Å²) in [6, 6.07) is 10.0. The molecule has 1 aliphatic rings. The number of halogens is 1. The van der Waals surface area contributed by atoms with Crippen molar-refractivity contribution in [2.45, 2.75) is 6.61 Å². The van der Waals surface area contributed by atoms with Gasteiger partial charge in [0.05, 0.1) is 16.2 Å². The minimum absolute atomic E-state index is 0.121. The summed E-state index contributed by atoms with van der Waals surface area (Å²) in [5, 5.41) is 11.0. The first-order valence-corrected chi connectivity index (χ1v) is 7.79. The number of anilines is 1. The summed E-state index contributed by atoms with van der Waals surface area (Å²) < 4.78 is 5.05. The number of fused-ring (bicyclic) bond motifs is 1. The van der Waals surface area contributed by atoms with Crippen molar-refractivity contribution in [1.82, 2.24) is 0 Å². The second kappa shape index (κ2) is 6.93. The van der Waals surface area contributed by atoms with Gasteiger partial charge in [-0.2, -0.15) is 0 Å². The first kappa shape index (κ1) is 17.6. The molecule has 0 spiro atoms. The number of carbonyl (C=O) groups is 3. The number of Topliss-reactive ketones (excluding diaryl/α,β-unsaturated/α-hetero) is 1. The van der Waals surface area contributed by atoms with Crippen LogP contribution >= 0.6 is 11.6 Å². The predicted octanol–water partition coefficient (Wildman–Crippen LogP) is 2.52. The molecule has 0 aliphatic carbocycles.